The van der Waals surface area contributed by atoms with E-state index in [0.717, 1.165) is 6.42 Å². The lowest BCUT2D eigenvalue weighted by Crippen LogP contribution is -2.48. The summed E-state index contributed by atoms with van der Waals surface area (Å²) in [5.41, 5.74) is 0. The van der Waals surface area contributed by atoms with E-state index in [9.17, 15) is 14.4 Å². The van der Waals surface area contributed by atoms with Crippen molar-refractivity contribution in [3.05, 3.63) is 12.2 Å². The van der Waals surface area contributed by atoms with Crippen molar-refractivity contribution in [1.82, 2.24) is 9.80 Å². The predicted octanol–water partition coefficient (Wildman–Crippen LogP) is 1.69. The summed E-state index contributed by atoms with van der Waals surface area (Å²) >= 11 is 0. The number of imide groups is 1. The van der Waals surface area contributed by atoms with E-state index in [4.69, 9.17) is 0 Å². The number of hydrogen-bond acceptors (Lipinski definition) is 3. The predicted molar refractivity (Wildman–Crippen MR) is 86.1 cm³/mol. The van der Waals surface area contributed by atoms with Crippen molar-refractivity contribution in [1.29, 1.82) is 0 Å². The van der Waals surface area contributed by atoms with Crippen LogP contribution in [-0.2, 0) is 14.4 Å². The molecule has 3 rings (SSSR count). The normalized spacial score (nSPS) is 32.8. The zero-order valence-corrected chi connectivity index (χ0v) is 14.4. The minimum absolute atomic E-state index is 0.0951. The number of rotatable bonds is 5. The molecular weight excluding hydrogens is 292 g/mol. The van der Waals surface area contributed by atoms with Crippen LogP contribution >= 0.6 is 0 Å². The molecule has 2 aliphatic carbocycles. The first-order valence-electron chi connectivity index (χ1n) is 8.69. The topological polar surface area (TPSA) is 57.7 Å². The van der Waals surface area contributed by atoms with E-state index in [0.29, 0.717) is 12.5 Å². The van der Waals surface area contributed by atoms with Crippen molar-refractivity contribution in [2.75, 3.05) is 13.1 Å². The molecule has 5 heteroatoms. The van der Waals surface area contributed by atoms with E-state index in [1.807, 2.05) is 13.8 Å². The van der Waals surface area contributed by atoms with Gasteiger partial charge in [-0.25, -0.2) is 0 Å². The van der Waals surface area contributed by atoms with Gasteiger partial charge in [0.25, 0.3) is 0 Å². The van der Waals surface area contributed by atoms with Crippen molar-refractivity contribution in [2.24, 2.45) is 29.6 Å². The van der Waals surface area contributed by atoms with Crippen LogP contribution in [0, 0.1) is 29.6 Å². The van der Waals surface area contributed by atoms with Crippen molar-refractivity contribution < 1.29 is 14.4 Å². The molecule has 126 valence electrons. The highest BCUT2D eigenvalue weighted by Crippen LogP contribution is 2.52. The lowest BCUT2D eigenvalue weighted by Gasteiger charge is -2.32. The Morgan fingerprint density at radius 3 is 2.13 bits per heavy atom. The Kier molecular flexibility index (Phi) is 4.07. The zero-order valence-electron chi connectivity index (χ0n) is 14.4. The molecule has 1 heterocycles. The number of likely N-dealkylation sites (N-methyl/N-ethyl adjacent to an activating group) is 1. The summed E-state index contributed by atoms with van der Waals surface area (Å²) < 4.78 is 0. The average Bonchev–Trinajstić information content (AvgIpc) is 3.17. The van der Waals surface area contributed by atoms with Gasteiger partial charge in [0.2, 0.25) is 17.7 Å². The molecule has 0 aromatic rings. The molecule has 5 nitrogen and oxygen atoms in total. The van der Waals surface area contributed by atoms with Crippen LogP contribution in [0.15, 0.2) is 12.2 Å². The Balaban J connectivity index is 1.72. The van der Waals surface area contributed by atoms with Crippen molar-refractivity contribution in [2.45, 2.75) is 40.2 Å². The summed E-state index contributed by atoms with van der Waals surface area (Å²) in [6.45, 7) is 8.58. The van der Waals surface area contributed by atoms with Gasteiger partial charge >= 0.3 is 0 Å². The molecule has 3 aliphatic rings. The first-order valence-corrected chi connectivity index (χ1v) is 8.69. The third-order valence-corrected chi connectivity index (χ3v) is 5.97. The summed E-state index contributed by atoms with van der Waals surface area (Å²) in [5, 5.41) is 0. The van der Waals surface area contributed by atoms with Crippen LogP contribution in [-0.4, -0.2) is 46.7 Å². The third-order valence-electron chi connectivity index (χ3n) is 5.97. The highest BCUT2D eigenvalue weighted by atomic mass is 16.2. The first kappa shape index (κ1) is 16.2. The van der Waals surface area contributed by atoms with E-state index < -0.39 is 0 Å². The van der Waals surface area contributed by atoms with E-state index in [1.165, 1.54) is 4.90 Å². The SMILES string of the molecule is CCN(C(=O)CN1C(=O)[C@@H]2[C@H](C1=O)[C@H]1C=C[C@H]2C1)[C@@H](C)C(C)C. The largest absolute Gasteiger partial charge is 0.338 e. The van der Waals surface area contributed by atoms with Crippen molar-refractivity contribution in [3.8, 4) is 0 Å². The second-order valence-corrected chi connectivity index (χ2v) is 7.43. The van der Waals surface area contributed by atoms with Gasteiger partial charge in [-0.15, -0.1) is 0 Å². The molecule has 0 radical (unpaired) electrons. The van der Waals surface area contributed by atoms with E-state index in [-0.39, 0.29) is 54.0 Å². The number of allylic oxidation sites excluding steroid dienone is 2. The fourth-order valence-electron chi connectivity index (χ4n) is 4.40. The number of amides is 3. The maximum absolute atomic E-state index is 12.6. The fourth-order valence-corrected chi connectivity index (χ4v) is 4.40. The maximum Gasteiger partial charge on any atom is 0.242 e. The van der Waals surface area contributed by atoms with Crippen molar-refractivity contribution >= 4 is 17.7 Å². The minimum Gasteiger partial charge on any atom is -0.338 e. The number of fused-ring (bicyclic) bond motifs is 5. The summed E-state index contributed by atoms with van der Waals surface area (Å²) in [5.74, 6) is -0.126. The van der Waals surface area contributed by atoms with Crippen LogP contribution in [0.2, 0.25) is 0 Å². The van der Waals surface area contributed by atoms with Crippen LogP contribution in [0.1, 0.15) is 34.1 Å². The van der Waals surface area contributed by atoms with Crippen LogP contribution in [0.4, 0.5) is 0 Å². The molecular formula is C18H26N2O3. The number of carbonyl (C=O) groups excluding carboxylic acids is 3. The second-order valence-electron chi connectivity index (χ2n) is 7.43. The second kappa shape index (κ2) is 5.77. The van der Waals surface area contributed by atoms with Gasteiger partial charge in [0.1, 0.15) is 6.54 Å². The van der Waals surface area contributed by atoms with Gasteiger partial charge in [-0.3, -0.25) is 19.3 Å². The fraction of sp³-hybridized carbons (Fsp3) is 0.722. The highest BCUT2D eigenvalue weighted by Gasteiger charge is 2.59. The Hall–Kier alpha value is -1.65. The summed E-state index contributed by atoms with van der Waals surface area (Å²) in [4.78, 5) is 40.9. The monoisotopic (exact) mass is 318 g/mol. The van der Waals surface area contributed by atoms with Crippen molar-refractivity contribution in [3.63, 3.8) is 0 Å². The average molecular weight is 318 g/mol. The molecule has 2 fully saturated rings. The van der Waals surface area contributed by atoms with E-state index in [1.54, 1.807) is 4.90 Å². The van der Waals surface area contributed by atoms with Gasteiger partial charge in [-0.2, -0.15) is 0 Å². The van der Waals surface area contributed by atoms with Crippen LogP contribution < -0.4 is 0 Å². The molecule has 5 atom stereocenters. The standard InChI is InChI=1S/C18H26N2O3/c1-5-19(11(4)10(2)3)14(21)9-20-17(22)15-12-6-7-13(8-12)16(15)18(20)23/h6-7,10-13,15-16H,5,8-9H2,1-4H3/t11-,12-,13-,15-,16+/m0/s1. The lowest BCUT2D eigenvalue weighted by atomic mass is 9.85. The molecule has 1 saturated carbocycles. The Labute approximate surface area is 137 Å². The van der Waals surface area contributed by atoms with Gasteiger partial charge in [-0.1, -0.05) is 26.0 Å². The molecule has 0 spiro atoms. The zero-order chi connectivity index (χ0) is 16.9. The summed E-state index contributed by atoms with van der Waals surface area (Å²) in [6, 6.07) is 0.0951. The van der Waals surface area contributed by atoms with Crippen LogP contribution in [0.25, 0.3) is 0 Å². The van der Waals surface area contributed by atoms with Crippen LogP contribution in [0.5, 0.6) is 0 Å². The molecule has 0 aromatic carbocycles. The summed E-state index contributed by atoms with van der Waals surface area (Å²) in [7, 11) is 0. The van der Waals surface area contributed by atoms with Crippen LogP contribution in [0.3, 0.4) is 0 Å². The number of nitrogens with zero attached hydrogens (tertiary/aromatic N) is 2. The Morgan fingerprint density at radius 2 is 1.70 bits per heavy atom. The molecule has 3 amide bonds. The number of likely N-dealkylation sites (tertiary alicyclic amines) is 1. The summed E-state index contributed by atoms with van der Waals surface area (Å²) in [6.07, 6.45) is 5.06. The first-order chi connectivity index (χ1) is 10.9. The molecule has 2 bridgehead atoms. The van der Waals surface area contributed by atoms with Gasteiger partial charge in [0.05, 0.1) is 11.8 Å². The molecule has 0 N–H and O–H groups in total. The maximum atomic E-state index is 12.6. The third kappa shape index (κ3) is 2.41. The number of carbonyl (C=O) groups is 3. The quantitative estimate of drug-likeness (QED) is 0.572. The molecule has 1 aliphatic heterocycles. The highest BCUT2D eigenvalue weighted by molar-refractivity contribution is 6.08. The van der Waals surface area contributed by atoms with Gasteiger partial charge in [0, 0.05) is 12.6 Å². The smallest absolute Gasteiger partial charge is 0.242 e. The van der Waals surface area contributed by atoms with E-state index in [2.05, 4.69) is 26.0 Å². The lowest BCUT2D eigenvalue weighted by molar-refractivity contribution is -0.148. The number of hydrogen-bond donors (Lipinski definition) is 0. The molecule has 23 heavy (non-hydrogen) atoms. The molecule has 0 unspecified atom stereocenters. The molecule has 0 aromatic heterocycles. The van der Waals surface area contributed by atoms with Gasteiger partial charge in [0.15, 0.2) is 0 Å². The minimum atomic E-state index is -0.220. The van der Waals surface area contributed by atoms with E-state index >= 15 is 0 Å². The molecule has 1 saturated heterocycles. The van der Waals surface area contributed by atoms with Gasteiger partial charge < -0.3 is 4.90 Å². The Morgan fingerprint density at radius 1 is 1.17 bits per heavy atom. The Bertz CT molecular complexity index is 539. The van der Waals surface area contributed by atoms with Gasteiger partial charge in [-0.05, 0) is 38.0 Å².